The Balaban J connectivity index is 1.73. The molecule has 1 N–H and O–H groups in total. The molecule has 0 spiro atoms. The number of nitrogens with one attached hydrogen (secondary N) is 1. The third-order valence-corrected chi connectivity index (χ3v) is 7.12. The second-order valence-electron chi connectivity index (χ2n) is 7.99. The molecule has 4 nitrogen and oxygen atoms in total. The number of carbonyl (C=O) groups is 1. The van der Waals surface area contributed by atoms with Crippen molar-refractivity contribution in [1.82, 2.24) is 4.90 Å². The SMILES string of the molecule is CCOc1ccc(C(c2c(NC(=O)c3ccccc3)sc(C)c2C)N2CCCC2)cc1. The van der Waals surface area contributed by atoms with Gasteiger partial charge in [0.15, 0.2) is 0 Å². The van der Waals surface area contributed by atoms with Crippen molar-refractivity contribution in [3.8, 4) is 5.75 Å². The lowest BCUT2D eigenvalue weighted by Gasteiger charge is -2.29. The summed E-state index contributed by atoms with van der Waals surface area (Å²) in [5.74, 6) is 0.831. The van der Waals surface area contributed by atoms with Gasteiger partial charge in [-0.25, -0.2) is 0 Å². The predicted octanol–water partition coefficient (Wildman–Crippen LogP) is 6.20. The Hall–Kier alpha value is -2.63. The lowest BCUT2D eigenvalue weighted by atomic mass is 9.95. The molecular formula is C26H30N2O2S. The molecule has 2 heterocycles. The van der Waals surface area contributed by atoms with Crippen LogP contribution in [-0.4, -0.2) is 30.5 Å². The van der Waals surface area contributed by atoms with Gasteiger partial charge in [-0.3, -0.25) is 9.69 Å². The molecule has 4 rings (SSSR count). The molecule has 3 aromatic rings. The number of benzene rings is 2. The van der Waals surface area contributed by atoms with E-state index in [1.807, 2.05) is 37.3 Å². The van der Waals surface area contributed by atoms with Crippen LogP contribution in [0.5, 0.6) is 5.75 Å². The summed E-state index contributed by atoms with van der Waals surface area (Å²) in [5.41, 5.74) is 4.40. The number of amides is 1. The number of nitrogens with zero attached hydrogens (tertiary/aromatic N) is 1. The fourth-order valence-corrected chi connectivity index (χ4v) is 5.39. The summed E-state index contributed by atoms with van der Waals surface area (Å²) in [6, 6.07) is 18.0. The summed E-state index contributed by atoms with van der Waals surface area (Å²) in [6.07, 6.45) is 2.42. The van der Waals surface area contributed by atoms with Gasteiger partial charge in [0, 0.05) is 16.0 Å². The third-order valence-electron chi connectivity index (χ3n) is 5.98. The van der Waals surface area contributed by atoms with E-state index in [4.69, 9.17) is 4.74 Å². The highest BCUT2D eigenvalue weighted by Crippen LogP contribution is 2.43. The molecule has 0 aliphatic carbocycles. The lowest BCUT2D eigenvalue weighted by molar-refractivity contribution is 0.102. The van der Waals surface area contributed by atoms with Gasteiger partial charge in [0.05, 0.1) is 12.6 Å². The Bertz CT molecular complexity index is 1020. The Morgan fingerprint density at radius 1 is 1.06 bits per heavy atom. The summed E-state index contributed by atoms with van der Waals surface area (Å²) >= 11 is 1.67. The number of ether oxygens (including phenoxy) is 1. The summed E-state index contributed by atoms with van der Waals surface area (Å²) in [4.78, 5) is 16.7. The molecular weight excluding hydrogens is 404 g/mol. The van der Waals surface area contributed by atoms with E-state index in [0.717, 1.165) is 23.8 Å². The van der Waals surface area contributed by atoms with Gasteiger partial charge >= 0.3 is 0 Å². The predicted molar refractivity (Wildman–Crippen MR) is 128 cm³/mol. The number of likely N-dealkylation sites (tertiary alicyclic amines) is 1. The topological polar surface area (TPSA) is 41.6 Å². The van der Waals surface area contributed by atoms with Crippen LogP contribution in [0.25, 0.3) is 0 Å². The maximum Gasteiger partial charge on any atom is 0.256 e. The van der Waals surface area contributed by atoms with Crippen molar-refractivity contribution < 1.29 is 9.53 Å². The molecule has 1 aliphatic heterocycles. The van der Waals surface area contributed by atoms with Gasteiger partial charge in [-0.1, -0.05) is 30.3 Å². The number of carbonyl (C=O) groups excluding carboxylic acids is 1. The molecule has 162 valence electrons. The molecule has 1 saturated heterocycles. The second kappa shape index (κ2) is 9.67. The van der Waals surface area contributed by atoms with Crippen molar-refractivity contribution in [1.29, 1.82) is 0 Å². The first-order valence-electron chi connectivity index (χ1n) is 11.0. The molecule has 1 fully saturated rings. The van der Waals surface area contributed by atoms with Crippen LogP contribution < -0.4 is 10.1 Å². The zero-order chi connectivity index (χ0) is 21.8. The minimum Gasteiger partial charge on any atom is -0.494 e. The van der Waals surface area contributed by atoms with Crippen LogP contribution >= 0.6 is 11.3 Å². The van der Waals surface area contributed by atoms with Crippen molar-refractivity contribution >= 4 is 22.2 Å². The quantitative estimate of drug-likeness (QED) is 0.481. The van der Waals surface area contributed by atoms with Crippen LogP contribution in [0.3, 0.4) is 0 Å². The van der Waals surface area contributed by atoms with Gasteiger partial charge in [0.2, 0.25) is 0 Å². The maximum atomic E-state index is 12.9. The standard InChI is InChI=1S/C26H30N2O2S/c1-4-30-22-14-12-20(13-15-22)24(28-16-8-9-17-28)23-18(2)19(3)31-26(23)27-25(29)21-10-6-5-7-11-21/h5-7,10-15,24H,4,8-9,16-17H2,1-3H3,(H,27,29). The van der Waals surface area contributed by atoms with Crippen LogP contribution in [0.1, 0.15) is 57.7 Å². The number of anilines is 1. The van der Waals surface area contributed by atoms with Gasteiger partial charge in [0.1, 0.15) is 10.8 Å². The number of rotatable bonds is 7. The molecule has 5 heteroatoms. The molecule has 2 aromatic carbocycles. The molecule has 31 heavy (non-hydrogen) atoms. The van der Waals surface area contributed by atoms with E-state index in [1.165, 1.54) is 34.4 Å². The largest absolute Gasteiger partial charge is 0.494 e. The van der Waals surface area contributed by atoms with E-state index in [9.17, 15) is 4.79 Å². The fourth-order valence-electron chi connectivity index (χ4n) is 4.30. The smallest absolute Gasteiger partial charge is 0.256 e. The van der Waals surface area contributed by atoms with Crippen LogP contribution in [0.4, 0.5) is 5.00 Å². The van der Waals surface area contributed by atoms with E-state index >= 15 is 0 Å². The Morgan fingerprint density at radius 3 is 2.39 bits per heavy atom. The second-order valence-corrected chi connectivity index (χ2v) is 9.22. The summed E-state index contributed by atoms with van der Waals surface area (Å²) in [7, 11) is 0. The molecule has 0 bridgehead atoms. The van der Waals surface area contributed by atoms with Gasteiger partial charge in [-0.05, 0) is 82.1 Å². The number of thiophene rings is 1. The maximum absolute atomic E-state index is 12.9. The van der Waals surface area contributed by atoms with E-state index in [2.05, 4.69) is 48.3 Å². The van der Waals surface area contributed by atoms with Gasteiger partial charge in [-0.2, -0.15) is 0 Å². The zero-order valence-electron chi connectivity index (χ0n) is 18.5. The molecule has 1 aliphatic rings. The fraction of sp³-hybridized carbons (Fsp3) is 0.346. The monoisotopic (exact) mass is 434 g/mol. The highest BCUT2D eigenvalue weighted by Gasteiger charge is 2.31. The van der Waals surface area contributed by atoms with E-state index in [-0.39, 0.29) is 11.9 Å². The average Bonchev–Trinajstić information content (AvgIpc) is 3.41. The highest BCUT2D eigenvalue weighted by molar-refractivity contribution is 7.16. The highest BCUT2D eigenvalue weighted by atomic mass is 32.1. The van der Waals surface area contributed by atoms with Crippen LogP contribution in [0, 0.1) is 13.8 Å². The van der Waals surface area contributed by atoms with Crippen LogP contribution in [0.15, 0.2) is 54.6 Å². The minimum absolute atomic E-state index is 0.0602. The summed E-state index contributed by atoms with van der Waals surface area (Å²) in [5, 5.41) is 4.18. The zero-order valence-corrected chi connectivity index (χ0v) is 19.3. The van der Waals surface area contributed by atoms with Crippen molar-refractivity contribution in [2.24, 2.45) is 0 Å². The van der Waals surface area contributed by atoms with Gasteiger partial charge in [0.25, 0.3) is 5.91 Å². The third kappa shape index (κ3) is 4.68. The molecule has 1 unspecified atom stereocenters. The first-order valence-corrected chi connectivity index (χ1v) is 11.8. The van der Waals surface area contributed by atoms with Gasteiger partial charge in [-0.15, -0.1) is 11.3 Å². The van der Waals surface area contributed by atoms with E-state index in [0.29, 0.717) is 12.2 Å². The Morgan fingerprint density at radius 2 is 1.74 bits per heavy atom. The molecule has 0 saturated carbocycles. The lowest BCUT2D eigenvalue weighted by Crippen LogP contribution is -2.28. The minimum atomic E-state index is -0.0602. The molecule has 1 amide bonds. The summed E-state index contributed by atoms with van der Waals surface area (Å²) < 4.78 is 5.66. The first kappa shape index (κ1) is 21.6. The molecule has 0 radical (unpaired) electrons. The van der Waals surface area contributed by atoms with Crippen molar-refractivity contribution in [2.75, 3.05) is 25.0 Å². The van der Waals surface area contributed by atoms with Crippen LogP contribution in [0.2, 0.25) is 0 Å². The van der Waals surface area contributed by atoms with Crippen molar-refractivity contribution in [2.45, 2.75) is 39.7 Å². The van der Waals surface area contributed by atoms with E-state index < -0.39 is 0 Å². The normalized spacial score (nSPS) is 15.1. The molecule has 1 aromatic heterocycles. The van der Waals surface area contributed by atoms with Crippen molar-refractivity contribution in [3.05, 3.63) is 81.7 Å². The Kier molecular flexibility index (Phi) is 6.73. The number of hydrogen-bond acceptors (Lipinski definition) is 4. The molecule has 1 atom stereocenters. The average molecular weight is 435 g/mol. The van der Waals surface area contributed by atoms with Crippen molar-refractivity contribution in [3.63, 3.8) is 0 Å². The van der Waals surface area contributed by atoms with E-state index in [1.54, 1.807) is 11.3 Å². The van der Waals surface area contributed by atoms with Crippen LogP contribution in [-0.2, 0) is 0 Å². The first-order chi connectivity index (χ1) is 15.1. The number of aryl methyl sites for hydroxylation is 1. The summed E-state index contributed by atoms with van der Waals surface area (Å²) in [6.45, 7) is 9.11. The number of hydrogen-bond donors (Lipinski definition) is 1. The van der Waals surface area contributed by atoms with Gasteiger partial charge < -0.3 is 10.1 Å². The Labute approximate surface area is 188 Å².